The van der Waals surface area contributed by atoms with Gasteiger partial charge in [0.05, 0.1) is 27.7 Å². The average molecular weight is 646 g/mol. The van der Waals surface area contributed by atoms with Crippen LogP contribution in [0.1, 0.15) is 39.2 Å². The van der Waals surface area contributed by atoms with Crippen molar-refractivity contribution in [1.29, 1.82) is 0 Å². The standard InChI is InChI=1S/C32H35ClF3N5O4/c1-4-25(42)39-14-19(3)40(15-18(39)2)30-21-13-22(33)26(27-23(34)9-8-10-24(27)45-31(35)36)29-28(21)41(32(43)37-30)20(17-44-29)16-38-11-6-5-7-12-38/h4,8-10,13,18-20,31H,1,5-7,11-12,14-17H2,2-3H3/t18-,19+,20?/m1/s1. The lowest BCUT2D eigenvalue weighted by atomic mass is 9.98. The molecule has 0 aliphatic carbocycles. The highest BCUT2D eigenvalue weighted by Gasteiger charge is 2.37. The van der Waals surface area contributed by atoms with Crippen LogP contribution in [0.3, 0.4) is 0 Å². The van der Waals surface area contributed by atoms with Gasteiger partial charge in [-0.3, -0.25) is 9.36 Å². The fourth-order valence-corrected chi connectivity index (χ4v) is 7.16. The number of hydrogen-bond donors (Lipinski definition) is 0. The first kappa shape index (κ1) is 31.2. The number of anilines is 1. The van der Waals surface area contributed by atoms with Gasteiger partial charge < -0.3 is 24.2 Å². The third-order valence-corrected chi connectivity index (χ3v) is 9.25. The Balaban J connectivity index is 1.57. The van der Waals surface area contributed by atoms with Crippen molar-refractivity contribution in [2.24, 2.45) is 0 Å². The normalized spacial score (nSPS) is 22.1. The average Bonchev–Trinajstić information content (AvgIpc) is 3.01. The number of nitrogens with zero attached hydrogens (tertiary/aromatic N) is 5. The van der Waals surface area contributed by atoms with Crippen molar-refractivity contribution >= 4 is 34.2 Å². The molecule has 4 heterocycles. The van der Waals surface area contributed by atoms with Crippen LogP contribution >= 0.6 is 11.6 Å². The Morgan fingerprint density at radius 1 is 1.18 bits per heavy atom. The second-order valence-electron chi connectivity index (χ2n) is 11.9. The van der Waals surface area contributed by atoms with Crippen molar-refractivity contribution in [1.82, 2.24) is 19.4 Å². The lowest BCUT2D eigenvalue weighted by Gasteiger charge is -2.45. The molecule has 0 radical (unpaired) electrons. The molecule has 3 aliphatic rings. The van der Waals surface area contributed by atoms with E-state index < -0.39 is 29.9 Å². The van der Waals surface area contributed by atoms with Gasteiger partial charge in [-0.2, -0.15) is 13.8 Å². The minimum Gasteiger partial charge on any atom is -0.488 e. The fraction of sp³-hybridized carbons (Fsp3) is 0.469. The number of ether oxygens (including phenoxy) is 2. The molecule has 1 aromatic heterocycles. The lowest BCUT2D eigenvalue weighted by Crippen LogP contribution is -2.58. The number of halogens is 4. The van der Waals surface area contributed by atoms with Crippen molar-refractivity contribution < 1.29 is 27.4 Å². The molecule has 1 amide bonds. The van der Waals surface area contributed by atoms with E-state index in [1.165, 1.54) is 18.2 Å². The van der Waals surface area contributed by atoms with Gasteiger partial charge in [-0.25, -0.2) is 9.18 Å². The molecular weight excluding hydrogens is 611 g/mol. The number of likely N-dealkylation sites (tertiary alicyclic amines) is 1. The molecule has 0 bridgehead atoms. The molecule has 2 saturated heterocycles. The second-order valence-corrected chi connectivity index (χ2v) is 12.3. The summed E-state index contributed by atoms with van der Waals surface area (Å²) in [5, 5.41) is 0.516. The molecule has 0 saturated carbocycles. The molecule has 45 heavy (non-hydrogen) atoms. The highest BCUT2D eigenvalue weighted by molar-refractivity contribution is 6.35. The molecule has 3 aliphatic heterocycles. The number of aromatic nitrogens is 2. The van der Waals surface area contributed by atoms with Crippen LogP contribution < -0.4 is 20.1 Å². The SMILES string of the molecule is C=CC(=O)N1C[C@H](C)N(c2nc(=O)n3c4c(c(-c5c(F)cccc5OC(F)F)c(Cl)cc24)OCC3CN2CCCCC2)C[C@H]1C. The summed E-state index contributed by atoms with van der Waals surface area (Å²) in [6.45, 7) is 7.39. The highest BCUT2D eigenvalue weighted by Crippen LogP contribution is 2.50. The van der Waals surface area contributed by atoms with Crippen molar-refractivity contribution in [2.75, 3.05) is 44.2 Å². The number of benzene rings is 2. The molecule has 9 nitrogen and oxygen atoms in total. The number of carbonyl (C=O) groups is 1. The summed E-state index contributed by atoms with van der Waals surface area (Å²) in [6.07, 6.45) is 4.54. The Morgan fingerprint density at radius 2 is 1.93 bits per heavy atom. The van der Waals surface area contributed by atoms with Crippen LogP contribution in [0.4, 0.5) is 19.0 Å². The van der Waals surface area contributed by atoms with Gasteiger partial charge in [-0.1, -0.05) is 30.7 Å². The monoisotopic (exact) mass is 645 g/mol. The fourth-order valence-electron chi connectivity index (χ4n) is 6.87. The van der Waals surface area contributed by atoms with E-state index in [0.29, 0.717) is 36.4 Å². The third kappa shape index (κ3) is 5.74. The highest BCUT2D eigenvalue weighted by atomic mass is 35.5. The number of hydrogen-bond acceptors (Lipinski definition) is 7. The smallest absolute Gasteiger partial charge is 0.387 e. The zero-order valence-electron chi connectivity index (χ0n) is 25.1. The Labute approximate surface area is 263 Å². The third-order valence-electron chi connectivity index (χ3n) is 8.96. The predicted octanol–water partition coefficient (Wildman–Crippen LogP) is 5.49. The predicted molar refractivity (Wildman–Crippen MR) is 166 cm³/mol. The van der Waals surface area contributed by atoms with E-state index in [2.05, 4.69) is 16.5 Å². The Kier molecular flexibility index (Phi) is 8.71. The van der Waals surface area contributed by atoms with Crippen LogP contribution in [0.15, 0.2) is 41.7 Å². The van der Waals surface area contributed by atoms with E-state index in [0.717, 1.165) is 38.4 Å². The van der Waals surface area contributed by atoms with E-state index in [-0.39, 0.29) is 46.5 Å². The zero-order valence-corrected chi connectivity index (χ0v) is 25.9. The summed E-state index contributed by atoms with van der Waals surface area (Å²) in [4.78, 5) is 37.1. The topological polar surface area (TPSA) is 80.1 Å². The van der Waals surface area contributed by atoms with Crippen LogP contribution in [-0.2, 0) is 4.79 Å². The molecule has 13 heteroatoms. The maximum absolute atomic E-state index is 15.5. The number of piperazine rings is 1. The number of rotatable bonds is 7. The van der Waals surface area contributed by atoms with E-state index in [4.69, 9.17) is 21.1 Å². The first-order valence-corrected chi connectivity index (χ1v) is 15.5. The van der Waals surface area contributed by atoms with Gasteiger partial charge >= 0.3 is 12.3 Å². The number of carbonyl (C=O) groups excluding carboxylic acids is 1. The van der Waals surface area contributed by atoms with Crippen LogP contribution in [0.5, 0.6) is 11.5 Å². The van der Waals surface area contributed by atoms with Gasteiger partial charge in [0.1, 0.15) is 24.0 Å². The molecule has 0 N–H and O–H groups in total. The van der Waals surface area contributed by atoms with E-state index in [1.807, 2.05) is 18.7 Å². The van der Waals surface area contributed by atoms with E-state index >= 15 is 4.39 Å². The van der Waals surface area contributed by atoms with Gasteiger partial charge in [0, 0.05) is 37.1 Å². The largest absolute Gasteiger partial charge is 0.488 e. The van der Waals surface area contributed by atoms with Crippen molar-refractivity contribution in [2.45, 2.75) is 57.8 Å². The second kappa shape index (κ2) is 12.6. The molecule has 2 aromatic carbocycles. The summed E-state index contributed by atoms with van der Waals surface area (Å²) in [5.74, 6) is -0.981. The summed E-state index contributed by atoms with van der Waals surface area (Å²) in [5.41, 5.74) is -0.430. The van der Waals surface area contributed by atoms with E-state index in [9.17, 15) is 18.4 Å². The minimum absolute atomic E-state index is 0.0162. The lowest BCUT2D eigenvalue weighted by molar-refractivity contribution is -0.128. The first-order valence-electron chi connectivity index (χ1n) is 15.2. The summed E-state index contributed by atoms with van der Waals surface area (Å²) in [6, 6.07) is 4.35. The van der Waals surface area contributed by atoms with Crippen LogP contribution in [-0.4, -0.2) is 83.3 Å². The minimum atomic E-state index is -3.21. The molecule has 3 aromatic rings. The van der Waals surface area contributed by atoms with Crippen LogP contribution in [0.25, 0.3) is 22.0 Å². The van der Waals surface area contributed by atoms with Crippen LogP contribution in [0.2, 0.25) is 5.02 Å². The zero-order chi connectivity index (χ0) is 32.0. The van der Waals surface area contributed by atoms with E-state index in [1.54, 1.807) is 15.5 Å². The van der Waals surface area contributed by atoms with Gasteiger partial charge in [-0.05, 0) is 64.1 Å². The number of alkyl halides is 2. The first-order chi connectivity index (χ1) is 21.6. The summed E-state index contributed by atoms with van der Waals surface area (Å²) in [7, 11) is 0. The molecule has 1 unspecified atom stereocenters. The number of piperidine rings is 1. The van der Waals surface area contributed by atoms with Gasteiger partial charge in [0.15, 0.2) is 5.75 Å². The molecule has 6 rings (SSSR count). The molecular formula is C32H35ClF3N5O4. The maximum Gasteiger partial charge on any atom is 0.387 e. The van der Waals surface area contributed by atoms with Crippen molar-refractivity contribution in [3.63, 3.8) is 0 Å². The van der Waals surface area contributed by atoms with Gasteiger partial charge in [0.25, 0.3) is 0 Å². The van der Waals surface area contributed by atoms with Gasteiger partial charge in [0.2, 0.25) is 5.91 Å². The Morgan fingerprint density at radius 3 is 2.64 bits per heavy atom. The molecule has 2 fully saturated rings. The van der Waals surface area contributed by atoms with Gasteiger partial charge in [-0.15, -0.1) is 0 Å². The molecule has 3 atom stereocenters. The quantitative estimate of drug-likeness (QED) is 0.315. The summed E-state index contributed by atoms with van der Waals surface area (Å²) >= 11 is 6.87. The maximum atomic E-state index is 15.5. The number of amides is 1. The van der Waals surface area contributed by atoms with Crippen LogP contribution in [0, 0.1) is 5.82 Å². The summed E-state index contributed by atoms with van der Waals surface area (Å²) < 4.78 is 54.9. The Hall–Kier alpha value is -3.77. The molecule has 0 spiro atoms. The molecule has 240 valence electrons. The van der Waals surface area contributed by atoms with Crippen molar-refractivity contribution in [3.8, 4) is 22.6 Å². The van der Waals surface area contributed by atoms with Crippen molar-refractivity contribution in [3.05, 3.63) is 58.2 Å². The Bertz CT molecular complexity index is 1700.